The molecule has 0 rings (SSSR count). The minimum atomic E-state index is -0.739. The number of carboxylic acid groups (broad SMARTS) is 2. The summed E-state index contributed by atoms with van der Waals surface area (Å²) in [6.45, 7) is 32.4. The Morgan fingerprint density at radius 1 is 0.178 bits per heavy atom. The molecule has 0 bridgehead atoms. The lowest BCUT2D eigenvalue weighted by atomic mass is 10.0. The first-order valence-corrected chi connectivity index (χ1v) is 65.3. The Balaban J connectivity index is -0.00000211. The number of carbonyl (C=O) groups excluding carboxylic acids is 4. The van der Waals surface area contributed by atoms with Gasteiger partial charge in [-0.25, -0.2) is 0 Å². The van der Waals surface area contributed by atoms with Crippen molar-refractivity contribution in [2.24, 2.45) is 0 Å². The van der Waals surface area contributed by atoms with Crippen LogP contribution in [0.15, 0.2) is 0 Å². The van der Waals surface area contributed by atoms with E-state index in [4.69, 9.17) is 18.9 Å². The van der Waals surface area contributed by atoms with Crippen LogP contribution in [-0.4, -0.2) is 181 Å². The van der Waals surface area contributed by atoms with Crippen LogP contribution < -0.4 is 0 Å². The van der Waals surface area contributed by atoms with E-state index in [-0.39, 0.29) is 55.7 Å². The first kappa shape index (κ1) is 147. The molecule has 870 valence electrons. The molecule has 0 fully saturated rings. The normalized spacial score (nSPS) is 11.6. The van der Waals surface area contributed by atoms with Crippen molar-refractivity contribution < 1.29 is 63.0 Å². The number of carboxylic acids is 2. The van der Waals surface area contributed by atoms with Gasteiger partial charge in [-0.15, -0.1) is 0 Å². The third-order valence-corrected chi connectivity index (χ3v) is 30.2. The van der Waals surface area contributed by atoms with Crippen LogP contribution in [0.1, 0.15) is 685 Å². The molecule has 0 aliphatic rings. The standard InChI is InChI=1S/C45H87NO6.C44H87NO5.C40H82N2O2/c1-4-7-10-13-16-25-32-41-51-44(49)35-28-21-17-23-30-38-46(40-37-43(47)48)39-31-24-18-22-29-36-45(50)52-42(33-26-19-14-11-8-5-2)34-27-20-15-12-9-6-3;1-4-7-10-13-16-25-32-41-49-43(47)35-28-21-17-23-30-37-45(39-40-46)38-31-24-18-22-29-36-44(48)50-42(33-26-19-14-11-8-5-2)34-27-20-15-12-9-6-3;1-4-7-10-13-16-19-22-25-28-31-34-41(35-32-29-26-23-20-17-14-11-8-5-2)37-38-42(39-40(43)44)36-33-30-27-24-21-18-15-12-9-6-3/h42H,4-41H2,1-3H3,(H,47,48);42,46H,4-41H2,1-3H3;4-39H2,1-3H3,(H,43,44). The fraction of sp³-hybridized carbons (Fsp3) is 0.953. The molecule has 3 N–H and O–H groups in total. The van der Waals surface area contributed by atoms with Gasteiger partial charge < -0.3 is 49.0 Å². The van der Waals surface area contributed by atoms with Crippen molar-refractivity contribution in [2.75, 3.05) is 98.4 Å². The average Bonchev–Trinajstić information content (AvgIpc) is 0.956. The molecule has 0 saturated heterocycles. The van der Waals surface area contributed by atoms with Gasteiger partial charge in [-0.2, -0.15) is 0 Å². The molecule has 0 aromatic heterocycles. The van der Waals surface area contributed by atoms with Gasteiger partial charge >= 0.3 is 35.8 Å². The van der Waals surface area contributed by atoms with Gasteiger partial charge in [0.1, 0.15) is 12.2 Å². The van der Waals surface area contributed by atoms with Crippen molar-refractivity contribution >= 4 is 35.8 Å². The predicted molar refractivity (Wildman–Crippen MR) is 629 cm³/mol. The molecule has 0 aliphatic carbocycles. The zero-order valence-electron chi connectivity index (χ0n) is 99.6. The molecule has 0 amide bonds. The number of hydrogen-bond donors (Lipinski definition) is 3. The molecule has 0 saturated carbocycles. The lowest BCUT2D eigenvalue weighted by Crippen LogP contribution is -2.39. The van der Waals surface area contributed by atoms with Crippen LogP contribution in [0.4, 0.5) is 0 Å². The summed E-state index contributed by atoms with van der Waals surface area (Å²) in [5.74, 6) is -1.50. The zero-order chi connectivity index (χ0) is 107. The first-order valence-electron chi connectivity index (χ1n) is 65.3. The largest absolute Gasteiger partial charge is 0.481 e. The molecule has 0 heterocycles. The number of aliphatic hydroxyl groups is 1. The highest BCUT2D eigenvalue weighted by molar-refractivity contribution is 5.71. The number of unbranched alkanes of at least 4 members (excludes halogenated alkanes) is 75. The quantitative estimate of drug-likeness (QED) is 0.0293. The number of aliphatic hydroxyl groups excluding tert-OH is 1. The van der Waals surface area contributed by atoms with Gasteiger partial charge in [0, 0.05) is 51.9 Å². The Labute approximate surface area is 908 Å². The van der Waals surface area contributed by atoms with Crippen molar-refractivity contribution in [1.82, 2.24) is 19.6 Å². The molecule has 17 heteroatoms. The maximum atomic E-state index is 12.7. The summed E-state index contributed by atoms with van der Waals surface area (Å²) >= 11 is 0. The van der Waals surface area contributed by atoms with Gasteiger partial charge in [-0.05, 0) is 181 Å². The van der Waals surface area contributed by atoms with Gasteiger partial charge in [0.25, 0.3) is 0 Å². The van der Waals surface area contributed by atoms with Gasteiger partial charge in [0.15, 0.2) is 0 Å². The number of ether oxygens (including phenoxy) is 4. The minimum Gasteiger partial charge on any atom is -0.481 e. The fourth-order valence-electron chi connectivity index (χ4n) is 20.4. The molecule has 0 aromatic carbocycles. The van der Waals surface area contributed by atoms with E-state index in [0.717, 1.165) is 219 Å². The maximum Gasteiger partial charge on any atom is 0.317 e. The van der Waals surface area contributed by atoms with E-state index < -0.39 is 11.9 Å². The number of hydrogen-bond acceptors (Lipinski definition) is 15. The van der Waals surface area contributed by atoms with Crippen molar-refractivity contribution in [3.8, 4) is 0 Å². The average molecular weight is 2070 g/mol. The van der Waals surface area contributed by atoms with Crippen LogP contribution in [0.3, 0.4) is 0 Å². The van der Waals surface area contributed by atoms with Crippen molar-refractivity contribution in [1.29, 1.82) is 0 Å². The molecule has 0 atom stereocenters. The monoisotopic (exact) mass is 2070 g/mol. The fourth-order valence-corrected chi connectivity index (χ4v) is 20.4. The summed E-state index contributed by atoms with van der Waals surface area (Å²) in [4.78, 5) is 81.8. The maximum absolute atomic E-state index is 12.7. The van der Waals surface area contributed by atoms with Crippen LogP contribution >= 0.6 is 0 Å². The summed E-state index contributed by atoms with van der Waals surface area (Å²) in [7, 11) is 0. The van der Waals surface area contributed by atoms with E-state index in [0.29, 0.717) is 45.4 Å². The molecule has 146 heavy (non-hydrogen) atoms. The van der Waals surface area contributed by atoms with E-state index in [2.05, 4.69) is 81.9 Å². The Kier molecular flexibility index (Phi) is 127. The summed E-state index contributed by atoms with van der Waals surface area (Å²) in [6, 6.07) is 0. The Morgan fingerprint density at radius 2 is 0.356 bits per heavy atom. The smallest absolute Gasteiger partial charge is 0.317 e. The Morgan fingerprint density at radius 3 is 0.575 bits per heavy atom. The number of carbonyl (C=O) groups is 6. The minimum absolute atomic E-state index is 0.0134. The second-order valence-corrected chi connectivity index (χ2v) is 44.8. The highest BCUT2D eigenvalue weighted by Gasteiger charge is 2.20. The van der Waals surface area contributed by atoms with Gasteiger partial charge in [0.05, 0.1) is 32.8 Å². The number of rotatable bonds is 121. The van der Waals surface area contributed by atoms with Crippen LogP contribution in [0.2, 0.25) is 0 Å². The summed E-state index contributed by atoms with van der Waals surface area (Å²) in [5, 5.41) is 28.3. The van der Waals surface area contributed by atoms with Crippen LogP contribution in [0, 0.1) is 0 Å². The third kappa shape index (κ3) is 122. The lowest BCUT2D eigenvalue weighted by molar-refractivity contribution is -0.151. The Bertz CT molecular complexity index is 2530. The van der Waals surface area contributed by atoms with Crippen LogP contribution in [0.5, 0.6) is 0 Å². The van der Waals surface area contributed by atoms with Crippen molar-refractivity contribution in [3.05, 3.63) is 0 Å². The second kappa shape index (κ2) is 127. The molecule has 0 aliphatic heterocycles. The Hall–Kier alpha value is -3.38. The van der Waals surface area contributed by atoms with E-state index in [1.165, 1.54) is 437 Å². The summed E-state index contributed by atoms with van der Waals surface area (Å²) in [6.07, 6.45) is 117. The molecule has 0 aromatic rings. The third-order valence-electron chi connectivity index (χ3n) is 30.2. The molecular weight excluding hydrogens is 1810 g/mol. The van der Waals surface area contributed by atoms with E-state index in [9.17, 15) is 44.1 Å². The number of aliphatic carboxylic acids is 2. The highest BCUT2D eigenvalue weighted by atomic mass is 16.6. The zero-order valence-corrected chi connectivity index (χ0v) is 99.6. The molecule has 0 unspecified atom stereocenters. The van der Waals surface area contributed by atoms with E-state index >= 15 is 0 Å². The van der Waals surface area contributed by atoms with Crippen molar-refractivity contribution in [3.63, 3.8) is 0 Å². The molecule has 0 radical (unpaired) electrons. The van der Waals surface area contributed by atoms with Gasteiger partial charge in [-0.3, -0.25) is 33.7 Å². The van der Waals surface area contributed by atoms with E-state index in [1.54, 1.807) is 0 Å². The number of esters is 4. The van der Waals surface area contributed by atoms with Gasteiger partial charge in [-0.1, -0.05) is 518 Å². The molecule has 0 spiro atoms. The number of nitrogens with zero attached hydrogens (tertiary/aromatic N) is 4. The molecule has 17 nitrogen and oxygen atoms in total. The lowest BCUT2D eigenvalue weighted by Gasteiger charge is -2.27. The van der Waals surface area contributed by atoms with Crippen LogP contribution in [-0.2, 0) is 47.7 Å². The van der Waals surface area contributed by atoms with Gasteiger partial charge in [0.2, 0.25) is 0 Å². The SMILES string of the molecule is CCCCCCCCCCCCN(CCCCCCCCCCCC)CCN(CCCCCCCCCCCC)CC(=O)O.CCCCCCCCCOC(=O)CCCCCCCN(CCCCCCCC(=O)OC(CCCCCCCC)CCCCCCCC)CCC(=O)O.CCCCCCCCCOC(=O)CCCCCCCN(CCO)CCCCCCCC(=O)OC(CCCCCCCC)CCCCCCCC. The summed E-state index contributed by atoms with van der Waals surface area (Å²) in [5.41, 5.74) is 0. The predicted octanol–water partition coefficient (Wildman–Crippen LogP) is 38.3. The second-order valence-electron chi connectivity index (χ2n) is 44.8. The molecular formula is C129H256N4O13. The van der Waals surface area contributed by atoms with E-state index in [1.807, 2.05) is 0 Å². The van der Waals surface area contributed by atoms with Crippen molar-refractivity contribution in [2.45, 2.75) is 697 Å². The first-order chi connectivity index (χ1) is 71.6. The highest BCUT2D eigenvalue weighted by Crippen LogP contribution is 2.25. The summed E-state index contributed by atoms with van der Waals surface area (Å²) < 4.78 is 22.8. The topological polar surface area (TPSA) is 213 Å². The van der Waals surface area contributed by atoms with Crippen LogP contribution in [0.25, 0.3) is 0 Å².